The molecule has 0 unspecified atom stereocenters. The van der Waals surface area contributed by atoms with Crippen LogP contribution in [0.15, 0.2) is 18.3 Å². The molecule has 0 fully saturated rings. The minimum atomic E-state index is 0.611. The second-order valence-electron chi connectivity index (χ2n) is 2.60. The molecule has 0 aliphatic carbocycles. The van der Waals surface area contributed by atoms with Crippen molar-refractivity contribution in [1.29, 1.82) is 0 Å². The number of aromatic nitrogens is 3. The van der Waals surface area contributed by atoms with Crippen molar-refractivity contribution in [2.45, 2.75) is 6.42 Å². The lowest BCUT2D eigenvalue weighted by Gasteiger charge is -1.86. The van der Waals surface area contributed by atoms with Crippen LogP contribution in [0.1, 0.15) is 5.82 Å². The van der Waals surface area contributed by atoms with Crippen LogP contribution in [0.2, 0.25) is 0 Å². The number of pyridine rings is 1. The molecule has 0 amide bonds. The number of aromatic amines is 1. The average molecular weight is 162 g/mol. The van der Waals surface area contributed by atoms with Gasteiger partial charge in [0.2, 0.25) is 0 Å². The highest BCUT2D eigenvalue weighted by molar-refractivity contribution is 5.69. The standard InChI is InChI=1S/C8H10N4/c9-4-3-7-11-6-2-1-5-10-8(6)12-7/h1-2,5H,3-4,9H2,(H,10,11,12). The first kappa shape index (κ1) is 7.24. The summed E-state index contributed by atoms with van der Waals surface area (Å²) < 4.78 is 0. The molecule has 2 aromatic heterocycles. The van der Waals surface area contributed by atoms with Gasteiger partial charge in [-0.05, 0) is 18.7 Å². The molecule has 0 spiro atoms. The Kier molecular flexibility index (Phi) is 1.75. The van der Waals surface area contributed by atoms with E-state index in [2.05, 4.69) is 15.0 Å². The maximum atomic E-state index is 5.40. The van der Waals surface area contributed by atoms with Gasteiger partial charge in [-0.2, -0.15) is 0 Å². The fourth-order valence-electron chi connectivity index (χ4n) is 1.15. The molecule has 62 valence electrons. The summed E-state index contributed by atoms with van der Waals surface area (Å²) in [5.41, 5.74) is 7.14. The van der Waals surface area contributed by atoms with E-state index in [0.717, 1.165) is 23.4 Å². The van der Waals surface area contributed by atoms with Gasteiger partial charge in [-0.1, -0.05) is 0 Å². The molecule has 0 aliphatic heterocycles. The van der Waals surface area contributed by atoms with Crippen LogP contribution in [0.5, 0.6) is 0 Å². The molecule has 0 saturated heterocycles. The van der Waals surface area contributed by atoms with Gasteiger partial charge >= 0.3 is 0 Å². The Hall–Kier alpha value is -1.42. The smallest absolute Gasteiger partial charge is 0.177 e. The largest absolute Gasteiger partial charge is 0.341 e. The highest BCUT2D eigenvalue weighted by atomic mass is 15.0. The molecular weight excluding hydrogens is 152 g/mol. The van der Waals surface area contributed by atoms with E-state index in [4.69, 9.17) is 5.73 Å². The third kappa shape index (κ3) is 1.16. The Morgan fingerprint density at radius 2 is 2.42 bits per heavy atom. The lowest BCUT2D eigenvalue weighted by molar-refractivity contribution is 0.899. The number of hydrogen-bond acceptors (Lipinski definition) is 3. The monoisotopic (exact) mass is 162 g/mol. The van der Waals surface area contributed by atoms with Gasteiger partial charge in [-0.15, -0.1) is 0 Å². The van der Waals surface area contributed by atoms with Crippen LogP contribution < -0.4 is 5.73 Å². The van der Waals surface area contributed by atoms with E-state index in [9.17, 15) is 0 Å². The molecular formula is C8H10N4. The van der Waals surface area contributed by atoms with Crippen molar-refractivity contribution in [3.8, 4) is 0 Å². The zero-order chi connectivity index (χ0) is 8.39. The molecule has 0 atom stereocenters. The summed E-state index contributed by atoms with van der Waals surface area (Å²) in [4.78, 5) is 11.5. The molecule has 2 aromatic rings. The minimum absolute atomic E-state index is 0.611. The van der Waals surface area contributed by atoms with Gasteiger partial charge < -0.3 is 10.7 Å². The van der Waals surface area contributed by atoms with E-state index in [1.165, 1.54) is 0 Å². The lowest BCUT2D eigenvalue weighted by Crippen LogP contribution is -2.03. The van der Waals surface area contributed by atoms with Gasteiger partial charge in [0, 0.05) is 12.6 Å². The molecule has 4 heteroatoms. The highest BCUT2D eigenvalue weighted by Crippen LogP contribution is 2.06. The van der Waals surface area contributed by atoms with Crippen molar-refractivity contribution in [2.75, 3.05) is 6.54 Å². The third-order valence-corrected chi connectivity index (χ3v) is 1.69. The number of hydrogen-bond donors (Lipinski definition) is 2. The Labute approximate surface area is 69.8 Å². The SMILES string of the molecule is NCCc1nc2ncccc2[nH]1. The molecule has 0 bridgehead atoms. The van der Waals surface area contributed by atoms with Crippen LogP contribution in [-0.2, 0) is 6.42 Å². The summed E-state index contributed by atoms with van der Waals surface area (Å²) in [5, 5.41) is 0. The summed E-state index contributed by atoms with van der Waals surface area (Å²) in [7, 11) is 0. The van der Waals surface area contributed by atoms with E-state index in [1.807, 2.05) is 12.1 Å². The van der Waals surface area contributed by atoms with Crippen molar-refractivity contribution < 1.29 is 0 Å². The van der Waals surface area contributed by atoms with E-state index >= 15 is 0 Å². The quantitative estimate of drug-likeness (QED) is 0.674. The Balaban J connectivity index is 2.47. The van der Waals surface area contributed by atoms with E-state index < -0.39 is 0 Å². The van der Waals surface area contributed by atoms with Crippen LogP contribution in [0.3, 0.4) is 0 Å². The van der Waals surface area contributed by atoms with Crippen LogP contribution >= 0.6 is 0 Å². The second kappa shape index (κ2) is 2.91. The summed E-state index contributed by atoms with van der Waals surface area (Å²) in [5.74, 6) is 0.909. The molecule has 2 heterocycles. The molecule has 0 aliphatic rings. The van der Waals surface area contributed by atoms with Crippen LogP contribution in [0.25, 0.3) is 11.2 Å². The first-order chi connectivity index (χ1) is 5.90. The molecule has 3 N–H and O–H groups in total. The summed E-state index contributed by atoms with van der Waals surface area (Å²) in [6.45, 7) is 0.611. The predicted octanol–water partition coefficient (Wildman–Crippen LogP) is 0.459. The minimum Gasteiger partial charge on any atom is -0.341 e. The topological polar surface area (TPSA) is 67.6 Å². The first-order valence-electron chi connectivity index (χ1n) is 3.90. The first-order valence-corrected chi connectivity index (χ1v) is 3.90. The summed E-state index contributed by atoms with van der Waals surface area (Å²) in [6.07, 6.45) is 2.51. The molecule has 2 rings (SSSR count). The van der Waals surface area contributed by atoms with Crippen LogP contribution in [-0.4, -0.2) is 21.5 Å². The fourth-order valence-corrected chi connectivity index (χ4v) is 1.15. The van der Waals surface area contributed by atoms with E-state index in [-0.39, 0.29) is 0 Å². The van der Waals surface area contributed by atoms with Gasteiger partial charge in [-0.3, -0.25) is 0 Å². The number of H-pyrrole nitrogens is 1. The Morgan fingerprint density at radius 1 is 1.50 bits per heavy atom. The van der Waals surface area contributed by atoms with E-state index in [1.54, 1.807) is 6.20 Å². The van der Waals surface area contributed by atoms with Crippen molar-refractivity contribution in [3.63, 3.8) is 0 Å². The molecule has 4 nitrogen and oxygen atoms in total. The van der Waals surface area contributed by atoms with Gasteiger partial charge in [0.1, 0.15) is 5.82 Å². The number of nitrogens with zero attached hydrogens (tertiary/aromatic N) is 2. The van der Waals surface area contributed by atoms with Crippen molar-refractivity contribution in [2.24, 2.45) is 5.73 Å². The predicted molar refractivity (Wildman–Crippen MR) is 46.6 cm³/mol. The van der Waals surface area contributed by atoms with Gasteiger partial charge in [0.15, 0.2) is 5.65 Å². The zero-order valence-electron chi connectivity index (χ0n) is 6.62. The molecule has 0 aromatic carbocycles. The van der Waals surface area contributed by atoms with Crippen LogP contribution in [0.4, 0.5) is 0 Å². The Morgan fingerprint density at radius 3 is 3.17 bits per heavy atom. The number of nitrogens with two attached hydrogens (primary N) is 1. The highest BCUT2D eigenvalue weighted by Gasteiger charge is 2.00. The maximum absolute atomic E-state index is 5.40. The third-order valence-electron chi connectivity index (χ3n) is 1.69. The number of fused-ring (bicyclic) bond motifs is 1. The number of nitrogens with one attached hydrogen (secondary N) is 1. The van der Waals surface area contributed by atoms with Crippen molar-refractivity contribution in [3.05, 3.63) is 24.2 Å². The van der Waals surface area contributed by atoms with Crippen molar-refractivity contribution in [1.82, 2.24) is 15.0 Å². The van der Waals surface area contributed by atoms with E-state index in [0.29, 0.717) is 6.54 Å². The Bertz CT molecular complexity index is 346. The second-order valence-corrected chi connectivity index (χ2v) is 2.60. The molecule has 0 radical (unpaired) electrons. The fraction of sp³-hybridized carbons (Fsp3) is 0.250. The normalized spacial score (nSPS) is 10.8. The number of rotatable bonds is 2. The van der Waals surface area contributed by atoms with Crippen molar-refractivity contribution >= 4 is 11.2 Å². The lowest BCUT2D eigenvalue weighted by atomic mass is 10.4. The average Bonchev–Trinajstić information content (AvgIpc) is 2.47. The number of imidazole rings is 1. The molecule has 12 heavy (non-hydrogen) atoms. The van der Waals surface area contributed by atoms with Gasteiger partial charge in [0.25, 0.3) is 0 Å². The van der Waals surface area contributed by atoms with Gasteiger partial charge in [0.05, 0.1) is 5.52 Å². The van der Waals surface area contributed by atoms with Gasteiger partial charge in [-0.25, -0.2) is 9.97 Å². The maximum Gasteiger partial charge on any atom is 0.177 e. The summed E-state index contributed by atoms with van der Waals surface area (Å²) in [6, 6.07) is 3.84. The van der Waals surface area contributed by atoms with Crippen LogP contribution in [0, 0.1) is 0 Å². The zero-order valence-corrected chi connectivity index (χ0v) is 6.62. The summed E-state index contributed by atoms with van der Waals surface area (Å²) >= 11 is 0. The molecule has 0 saturated carbocycles.